The van der Waals surface area contributed by atoms with E-state index in [9.17, 15) is 13.2 Å². The van der Waals surface area contributed by atoms with E-state index >= 15 is 0 Å². The van der Waals surface area contributed by atoms with Crippen molar-refractivity contribution in [2.45, 2.75) is 57.6 Å². The van der Waals surface area contributed by atoms with Gasteiger partial charge in [-0.3, -0.25) is 4.79 Å². The van der Waals surface area contributed by atoms with Gasteiger partial charge >= 0.3 is 0 Å². The zero-order chi connectivity index (χ0) is 22.1. The number of carbonyl (C=O) groups is 1. The van der Waals surface area contributed by atoms with Gasteiger partial charge in [0.1, 0.15) is 0 Å². The number of amides is 1. The Labute approximate surface area is 179 Å². The summed E-state index contributed by atoms with van der Waals surface area (Å²) in [5.74, 6) is -0.0795. The minimum absolute atomic E-state index is 0.116. The number of carbonyl (C=O) groups excluding carboxylic acids is 1. The van der Waals surface area contributed by atoms with Crippen molar-refractivity contribution >= 4 is 21.6 Å². The fourth-order valence-electron chi connectivity index (χ4n) is 3.80. The average molecular weight is 431 g/mol. The van der Waals surface area contributed by atoms with Crippen molar-refractivity contribution in [1.82, 2.24) is 4.31 Å². The molecule has 1 N–H and O–H groups in total. The van der Waals surface area contributed by atoms with Crippen molar-refractivity contribution < 1.29 is 17.9 Å². The van der Waals surface area contributed by atoms with Crippen molar-refractivity contribution in [2.24, 2.45) is 0 Å². The molecular formula is C23H30N2O4S. The number of nitrogens with zero attached hydrogens (tertiary/aromatic N) is 1. The molecule has 0 aromatic heterocycles. The number of hydrogen-bond acceptors (Lipinski definition) is 4. The fraction of sp³-hybridized carbons (Fsp3) is 0.435. The predicted octanol–water partition coefficient (Wildman–Crippen LogP) is 4.17. The van der Waals surface area contributed by atoms with Gasteiger partial charge in [0.25, 0.3) is 5.91 Å². The maximum Gasteiger partial charge on any atom is 0.255 e. The molecule has 1 amide bonds. The number of nitrogens with one attached hydrogen (secondary N) is 1. The quantitative estimate of drug-likeness (QED) is 0.773. The van der Waals surface area contributed by atoms with E-state index in [4.69, 9.17) is 4.74 Å². The second-order valence-corrected chi connectivity index (χ2v) is 10.2. The molecule has 0 radical (unpaired) electrons. The number of morpholine rings is 1. The van der Waals surface area contributed by atoms with Crippen LogP contribution in [-0.4, -0.2) is 43.9 Å². The molecule has 2 aromatic carbocycles. The normalized spacial score (nSPS) is 20.3. The monoisotopic (exact) mass is 430 g/mol. The Kier molecular flexibility index (Phi) is 6.65. The second kappa shape index (κ2) is 8.88. The van der Waals surface area contributed by atoms with Crippen molar-refractivity contribution in [3.63, 3.8) is 0 Å². The van der Waals surface area contributed by atoms with Crippen molar-refractivity contribution in [3.8, 4) is 0 Å². The number of ether oxygens (including phenoxy) is 1. The maximum absolute atomic E-state index is 13.1. The molecule has 1 aliphatic heterocycles. The maximum atomic E-state index is 13.1. The van der Waals surface area contributed by atoms with E-state index in [1.54, 1.807) is 12.1 Å². The minimum Gasteiger partial charge on any atom is -0.373 e. The molecule has 0 bridgehead atoms. The number of hydrogen-bond donors (Lipinski definition) is 1. The Bertz CT molecular complexity index is 1020. The molecule has 3 rings (SSSR count). The Morgan fingerprint density at radius 3 is 2.37 bits per heavy atom. The molecule has 1 aliphatic rings. The molecule has 1 heterocycles. The smallest absolute Gasteiger partial charge is 0.255 e. The average Bonchev–Trinajstić information content (AvgIpc) is 2.68. The topological polar surface area (TPSA) is 75.7 Å². The van der Waals surface area contributed by atoms with Gasteiger partial charge in [-0.25, -0.2) is 8.42 Å². The lowest BCUT2D eigenvalue weighted by molar-refractivity contribution is -0.0440. The summed E-state index contributed by atoms with van der Waals surface area (Å²) in [6.07, 6.45) is -0.351. The third-order valence-corrected chi connectivity index (χ3v) is 7.11. The molecule has 30 heavy (non-hydrogen) atoms. The van der Waals surface area contributed by atoms with Crippen LogP contribution in [0.4, 0.5) is 5.69 Å². The molecule has 162 valence electrons. The van der Waals surface area contributed by atoms with Gasteiger partial charge in [0.15, 0.2) is 0 Å². The summed E-state index contributed by atoms with van der Waals surface area (Å²) >= 11 is 0. The molecule has 1 fully saturated rings. The first-order valence-corrected chi connectivity index (χ1v) is 11.7. The highest BCUT2D eigenvalue weighted by Gasteiger charge is 2.32. The zero-order valence-corrected chi connectivity index (χ0v) is 19.0. The zero-order valence-electron chi connectivity index (χ0n) is 18.2. The van der Waals surface area contributed by atoms with E-state index in [0.717, 1.165) is 16.8 Å². The largest absolute Gasteiger partial charge is 0.373 e. The second-order valence-electron chi connectivity index (χ2n) is 8.26. The summed E-state index contributed by atoms with van der Waals surface area (Å²) in [4.78, 5) is 13.1. The summed E-state index contributed by atoms with van der Waals surface area (Å²) < 4.78 is 33.4. The molecular weight excluding hydrogens is 400 g/mol. The minimum atomic E-state index is -3.71. The SMILES string of the molecule is Cc1cccc(C(C)C)c1NC(=O)c1cccc(S(=O)(=O)N2C[C@H](C)O[C@@H](C)C2)c1. The molecule has 1 saturated heterocycles. The molecule has 0 saturated carbocycles. The number of rotatable bonds is 5. The highest BCUT2D eigenvalue weighted by Crippen LogP contribution is 2.28. The highest BCUT2D eigenvalue weighted by molar-refractivity contribution is 7.89. The Hall–Kier alpha value is -2.22. The number of aryl methyl sites for hydroxylation is 1. The van der Waals surface area contributed by atoms with Crippen LogP contribution in [0, 0.1) is 6.92 Å². The van der Waals surface area contributed by atoms with Crippen molar-refractivity contribution in [1.29, 1.82) is 0 Å². The number of anilines is 1. The summed E-state index contributed by atoms with van der Waals surface area (Å²) in [5.41, 5.74) is 3.10. The van der Waals surface area contributed by atoms with Gasteiger partial charge in [0, 0.05) is 24.3 Å². The standard InChI is InChI=1S/C23H30N2O4S/c1-15(2)21-11-6-8-16(3)22(21)24-23(26)19-9-7-10-20(12-19)30(27,28)25-13-17(4)29-18(5)14-25/h6-12,15,17-18H,13-14H2,1-5H3,(H,24,26)/t17-,18-/m0/s1. The molecule has 0 spiro atoms. The lowest BCUT2D eigenvalue weighted by Gasteiger charge is -2.34. The van der Waals surface area contributed by atoms with E-state index in [-0.39, 0.29) is 28.9 Å². The van der Waals surface area contributed by atoms with Gasteiger partial charge < -0.3 is 10.1 Å². The summed E-state index contributed by atoms with van der Waals surface area (Å²) in [6, 6.07) is 12.1. The first-order valence-electron chi connectivity index (χ1n) is 10.3. The lowest BCUT2D eigenvalue weighted by atomic mass is 9.98. The lowest BCUT2D eigenvalue weighted by Crippen LogP contribution is -2.48. The summed E-state index contributed by atoms with van der Waals surface area (Å²) in [5, 5.41) is 2.98. The van der Waals surface area contributed by atoms with E-state index in [1.165, 1.54) is 16.4 Å². The van der Waals surface area contributed by atoms with Crippen LogP contribution in [0.25, 0.3) is 0 Å². The van der Waals surface area contributed by atoms with Crippen LogP contribution in [0.15, 0.2) is 47.4 Å². The van der Waals surface area contributed by atoms with Crippen molar-refractivity contribution in [2.75, 3.05) is 18.4 Å². The van der Waals surface area contributed by atoms with Gasteiger partial charge in [0.2, 0.25) is 10.0 Å². The molecule has 0 aliphatic carbocycles. The van der Waals surface area contributed by atoms with Gasteiger partial charge in [-0.2, -0.15) is 4.31 Å². The van der Waals surface area contributed by atoms with Crippen LogP contribution in [0.1, 0.15) is 55.1 Å². The van der Waals surface area contributed by atoms with Crippen LogP contribution in [0.2, 0.25) is 0 Å². The summed E-state index contributed by atoms with van der Waals surface area (Å²) in [6.45, 7) is 10.4. The van der Waals surface area contributed by atoms with Gasteiger partial charge in [0.05, 0.1) is 17.1 Å². The molecule has 2 atom stereocenters. The van der Waals surface area contributed by atoms with Gasteiger partial charge in [-0.1, -0.05) is 38.1 Å². The van der Waals surface area contributed by atoms with Gasteiger partial charge in [-0.15, -0.1) is 0 Å². The van der Waals surface area contributed by atoms with Crippen LogP contribution in [0.3, 0.4) is 0 Å². The first kappa shape index (κ1) is 22.5. The Morgan fingerprint density at radius 2 is 1.73 bits per heavy atom. The Morgan fingerprint density at radius 1 is 1.10 bits per heavy atom. The van der Waals surface area contributed by atoms with Crippen molar-refractivity contribution in [3.05, 3.63) is 59.2 Å². The van der Waals surface area contributed by atoms with E-state index < -0.39 is 10.0 Å². The number of benzene rings is 2. The third kappa shape index (κ3) is 4.74. The van der Waals surface area contributed by atoms with E-state index in [2.05, 4.69) is 19.2 Å². The summed E-state index contributed by atoms with van der Waals surface area (Å²) in [7, 11) is -3.71. The highest BCUT2D eigenvalue weighted by atomic mass is 32.2. The fourth-order valence-corrected chi connectivity index (χ4v) is 5.44. The van der Waals surface area contributed by atoms with E-state index in [1.807, 2.05) is 39.0 Å². The van der Waals surface area contributed by atoms with Crippen LogP contribution in [0.5, 0.6) is 0 Å². The third-order valence-electron chi connectivity index (χ3n) is 5.29. The molecule has 2 aromatic rings. The predicted molar refractivity (Wildman–Crippen MR) is 118 cm³/mol. The van der Waals surface area contributed by atoms with Crippen LogP contribution in [-0.2, 0) is 14.8 Å². The first-order chi connectivity index (χ1) is 14.1. The molecule has 7 heteroatoms. The molecule has 0 unspecified atom stereocenters. The van der Waals surface area contributed by atoms with Crippen LogP contribution >= 0.6 is 0 Å². The Balaban J connectivity index is 1.88. The molecule has 6 nitrogen and oxygen atoms in total. The number of sulfonamides is 1. The number of para-hydroxylation sites is 1. The van der Waals surface area contributed by atoms with E-state index in [0.29, 0.717) is 18.7 Å². The van der Waals surface area contributed by atoms with Crippen LogP contribution < -0.4 is 5.32 Å². The van der Waals surface area contributed by atoms with Gasteiger partial charge in [-0.05, 0) is 56.0 Å².